The zero-order valence-electron chi connectivity index (χ0n) is 20.0. The zero-order chi connectivity index (χ0) is 22.6. The fraction of sp³-hybridized carbons (Fsp3) is 0.667. The summed E-state index contributed by atoms with van der Waals surface area (Å²) in [6, 6.07) is 8.99. The number of hydrogen-bond donors (Lipinski definition) is 2. The van der Waals surface area contributed by atoms with Crippen molar-refractivity contribution in [2.24, 2.45) is 11.3 Å². The Labute approximate surface area is 177 Å². The molecule has 0 aliphatic carbocycles. The molecule has 0 spiro atoms. The molecule has 3 atom stereocenters. The van der Waals surface area contributed by atoms with Gasteiger partial charge in [0.05, 0.1) is 6.04 Å². The Morgan fingerprint density at radius 2 is 1.45 bits per heavy atom. The Morgan fingerprint density at radius 1 is 0.931 bits per heavy atom. The summed E-state index contributed by atoms with van der Waals surface area (Å²) in [4.78, 5) is 28.4. The van der Waals surface area contributed by atoms with Gasteiger partial charge >= 0.3 is 0 Å². The van der Waals surface area contributed by atoms with E-state index in [9.17, 15) is 9.59 Å². The summed E-state index contributed by atoms with van der Waals surface area (Å²) in [7, 11) is 3.61. The standard InChI is InChI=1S/C24H41N3O2/c1-16(2)17(3)27(10)22(29)20(23(4,5)6)26-21(28)19(25-9)24(7,8)18-14-12-11-13-15-18/h11-17,19-20,25H,1-10H3,(H,26,28)/t17-,19-,20?/m1/s1. The number of carbonyl (C=O) groups is 2. The summed E-state index contributed by atoms with van der Waals surface area (Å²) in [5.41, 5.74) is 0.217. The molecule has 2 N–H and O–H groups in total. The summed E-state index contributed by atoms with van der Waals surface area (Å²) < 4.78 is 0. The van der Waals surface area contributed by atoms with Gasteiger partial charge in [0, 0.05) is 18.5 Å². The monoisotopic (exact) mass is 403 g/mol. The van der Waals surface area contributed by atoms with Crippen molar-refractivity contribution in [3.63, 3.8) is 0 Å². The van der Waals surface area contributed by atoms with Crippen LogP contribution in [0.5, 0.6) is 0 Å². The van der Waals surface area contributed by atoms with Gasteiger partial charge in [-0.25, -0.2) is 0 Å². The molecule has 0 heterocycles. The molecule has 0 saturated carbocycles. The Bertz CT molecular complexity index is 677. The molecule has 29 heavy (non-hydrogen) atoms. The van der Waals surface area contributed by atoms with Crippen LogP contribution < -0.4 is 10.6 Å². The fourth-order valence-corrected chi connectivity index (χ4v) is 3.58. The topological polar surface area (TPSA) is 61.4 Å². The molecule has 164 valence electrons. The lowest BCUT2D eigenvalue weighted by Crippen LogP contribution is -2.61. The Kier molecular flexibility index (Phi) is 8.46. The van der Waals surface area contributed by atoms with Gasteiger partial charge in [-0.2, -0.15) is 0 Å². The molecular weight excluding hydrogens is 362 g/mol. The highest BCUT2D eigenvalue weighted by Crippen LogP contribution is 2.28. The highest BCUT2D eigenvalue weighted by Gasteiger charge is 2.41. The van der Waals surface area contributed by atoms with Gasteiger partial charge in [0.25, 0.3) is 0 Å². The molecule has 1 unspecified atom stereocenters. The first kappa shape index (κ1) is 25.2. The lowest BCUT2D eigenvalue weighted by atomic mass is 9.76. The number of nitrogens with zero attached hydrogens (tertiary/aromatic N) is 1. The average Bonchev–Trinajstić information content (AvgIpc) is 2.64. The molecule has 0 aromatic heterocycles. The van der Waals surface area contributed by atoms with Crippen LogP contribution in [-0.4, -0.2) is 48.9 Å². The maximum atomic E-state index is 13.3. The third kappa shape index (κ3) is 6.05. The molecule has 1 aromatic rings. The van der Waals surface area contributed by atoms with Gasteiger partial charge in [-0.3, -0.25) is 9.59 Å². The van der Waals surface area contributed by atoms with Gasteiger partial charge in [0.2, 0.25) is 11.8 Å². The van der Waals surface area contributed by atoms with Crippen LogP contribution in [0.15, 0.2) is 30.3 Å². The summed E-state index contributed by atoms with van der Waals surface area (Å²) in [5.74, 6) is 0.113. The van der Waals surface area contributed by atoms with Gasteiger partial charge in [-0.05, 0) is 30.9 Å². The molecule has 0 bridgehead atoms. The second kappa shape index (κ2) is 9.75. The summed E-state index contributed by atoms with van der Waals surface area (Å²) in [5, 5.41) is 6.24. The maximum Gasteiger partial charge on any atom is 0.245 e. The minimum absolute atomic E-state index is 0.0561. The van der Waals surface area contributed by atoms with Crippen LogP contribution in [0.25, 0.3) is 0 Å². The third-order valence-corrected chi connectivity index (χ3v) is 6.11. The SMILES string of the molecule is CN[C@H](C(=O)NC(C(=O)N(C)[C@H](C)C(C)C)C(C)(C)C)C(C)(C)c1ccccc1. The van der Waals surface area contributed by atoms with Gasteiger partial charge < -0.3 is 15.5 Å². The normalized spacial score (nSPS) is 15.6. The van der Waals surface area contributed by atoms with Gasteiger partial charge in [0.15, 0.2) is 0 Å². The first-order valence-electron chi connectivity index (χ1n) is 10.5. The van der Waals surface area contributed by atoms with Gasteiger partial charge in [-0.1, -0.05) is 78.8 Å². The molecule has 0 aliphatic heterocycles. The van der Waals surface area contributed by atoms with Crippen molar-refractivity contribution in [3.05, 3.63) is 35.9 Å². The quantitative estimate of drug-likeness (QED) is 0.697. The largest absolute Gasteiger partial charge is 0.342 e. The second-order valence-corrected chi connectivity index (χ2v) is 10.1. The van der Waals surface area contributed by atoms with Crippen molar-refractivity contribution in [1.29, 1.82) is 0 Å². The van der Waals surface area contributed by atoms with Crippen LogP contribution in [0.4, 0.5) is 0 Å². The van der Waals surface area contributed by atoms with Crippen molar-refractivity contribution in [1.82, 2.24) is 15.5 Å². The van der Waals surface area contributed by atoms with Crippen LogP contribution >= 0.6 is 0 Å². The highest BCUT2D eigenvalue weighted by atomic mass is 16.2. The molecule has 1 rings (SSSR count). The van der Waals surface area contributed by atoms with Crippen LogP contribution in [0.3, 0.4) is 0 Å². The van der Waals surface area contributed by atoms with E-state index in [1.165, 1.54) is 0 Å². The number of rotatable bonds is 8. The number of nitrogens with one attached hydrogen (secondary N) is 2. The Balaban J connectivity index is 3.15. The van der Waals surface area contributed by atoms with Crippen molar-refractivity contribution in [3.8, 4) is 0 Å². The minimum atomic E-state index is -0.608. The lowest BCUT2D eigenvalue weighted by Gasteiger charge is -2.39. The summed E-state index contributed by atoms with van der Waals surface area (Å²) in [6.07, 6.45) is 0. The molecule has 5 nitrogen and oxygen atoms in total. The molecule has 5 heteroatoms. The number of hydrogen-bond acceptors (Lipinski definition) is 3. The summed E-state index contributed by atoms with van der Waals surface area (Å²) in [6.45, 7) is 16.3. The van der Waals surface area contributed by atoms with E-state index >= 15 is 0 Å². The molecule has 0 aliphatic rings. The number of carbonyl (C=O) groups excluding carboxylic acids is 2. The highest BCUT2D eigenvalue weighted by molar-refractivity contribution is 5.91. The average molecular weight is 404 g/mol. The first-order valence-corrected chi connectivity index (χ1v) is 10.5. The van der Waals surface area contributed by atoms with Crippen molar-refractivity contribution in [2.45, 2.75) is 78.9 Å². The van der Waals surface area contributed by atoms with Gasteiger partial charge in [-0.15, -0.1) is 0 Å². The van der Waals surface area contributed by atoms with Crippen molar-refractivity contribution in [2.75, 3.05) is 14.1 Å². The molecule has 0 fully saturated rings. The smallest absolute Gasteiger partial charge is 0.245 e. The van der Waals surface area contributed by atoms with Crippen LogP contribution in [0.1, 0.15) is 61.0 Å². The number of amides is 2. The van der Waals surface area contributed by atoms with Crippen molar-refractivity contribution < 1.29 is 9.59 Å². The predicted molar refractivity (Wildman–Crippen MR) is 121 cm³/mol. The zero-order valence-corrected chi connectivity index (χ0v) is 20.0. The Morgan fingerprint density at radius 3 is 1.86 bits per heavy atom. The molecular formula is C24H41N3O2. The van der Waals surface area contributed by atoms with Crippen molar-refractivity contribution >= 4 is 11.8 Å². The summed E-state index contributed by atoms with van der Waals surface area (Å²) >= 11 is 0. The van der Waals surface area contributed by atoms with E-state index in [1.54, 1.807) is 11.9 Å². The fourth-order valence-electron chi connectivity index (χ4n) is 3.58. The predicted octanol–water partition coefficient (Wildman–Crippen LogP) is 3.59. The van der Waals surface area contributed by atoms with E-state index in [4.69, 9.17) is 0 Å². The maximum absolute atomic E-state index is 13.3. The molecule has 2 amide bonds. The lowest BCUT2D eigenvalue weighted by molar-refractivity contribution is -0.141. The molecule has 0 saturated heterocycles. The van der Waals surface area contributed by atoms with Crippen LogP contribution in [0, 0.1) is 11.3 Å². The van der Waals surface area contributed by atoms with Gasteiger partial charge in [0.1, 0.15) is 6.04 Å². The molecule has 0 radical (unpaired) electrons. The van der Waals surface area contributed by atoms with E-state index in [0.717, 1.165) is 5.56 Å². The van der Waals surface area contributed by atoms with E-state index < -0.39 is 22.9 Å². The van der Waals surface area contributed by atoms with Crippen LogP contribution in [0.2, 0.25) is 0 Å². The molecule has 1 aromatic carbocycles. The second-order valence-electron chi connectivity index (χ2n) is 10.1. The van der Waals surface area contributed by atoms with E-state index in [1.807, 2.05) is 78.9 Å². The number of benzene rings is 1. The van der Waals surface area contributed by atoms with E-state index in [0.29, 0.717) is 5.92 Å². The minimum Gasteiger partial charge on any atom is -0.342 e. The van der Waals surface area contributed by atoms with Crippen LogP contribution in [-0.2, 0) is 15.0 Å². The Hall–Kier alpha value is -1.88. The van der Waals surface area contributed by atoms with E-state index in [-0.39, 0.29) is 17.9 Å². The first-order chi connectivity index (χ1) is 13.2. The van der Waals surface area contributed by atoms with E-state index in [2.05, 4.69) is 24.5 Å². The third-order valence-electron chi connectivity index (χ3n) is 6.11. The number of likely N-dealkylation sites (N-methyl/N-ethyl adjacent to an activating group) is 2.